The van der Waals surface area contributed by atoms with E-state index in [-0.39, 0.29) is 11.2 Å². The average molecular weight is 459 g/mol. The van der Waals surface area contributed by atoms with Crippen LogP contribution < -0.4 is 10.1 Å². The second-order valence-electron chi connectivity index (χ2n) is 7.67. The molecule has 0 spiro atoms. The molecule has 1 aromatic heterocycles. The van der Waals surface area contributed by atoms with E-state index in [1.807, 2.05) is 91.2 Å². The van der Waals surface area contributed by atoms with Gasteiger partial charge < -0.3 is 10.1 Å². The Morgan fingerprint density at radius 1 is 1.03 bits per heavy atom. The summed E-state index contributed by atoms with van der Waals surface area (Å²) in [5.41, 5.74) is 4.06. The number of carbonyl (C=O) groups is 1. The monoisotopic (exact) mass is 458 g/mol. The number of nitrogens with one attached hydrogen (secondary N) is 1. The van der Waals surface area contributed by atoms with Gasteiger partial charge in [0.15, 0.2) is 11.0 Å². The van der Waals surface area contributed by atoms with Crippen molar-refractivity contribution in [2.45, 2.75) is 30.8 Å². The van der Waals surface area contributed by atoms with Crippen LogP contribution in [0.3, 0.4) is 0 Å². The molecule has 1 heterocycles. The normalized spacial score (nSPS) is 11.7. The van der Waals surface area contributed by atoms with Gasteiger partial charge in [-0.1, -0.05) is 65.9 Å². The number of thioether (sulfide) groups is 1. The fourth-order valence-corrected chi connectivity index (χ4v) is 4.31. The third-order valence-electron chi connectivity index (χ3n) is 5.20. The van der Waals surface area contributed by atoms with Crippen LogP contribution >= 0.6 is 11.8 Å². The van der Waals surface area contributed by atoms with Crippen LogP contribution in [0.2, 0.25) is 0 Å². The Kier molecular flexibility index (Phi) is 7.10. The number of ether oxygens (including phenoxy) is 1. The number of aromatic nitrogens is 3. The zero-order valence-electron chi connectivity index (χ0n) is 18.9. The molecule has 168 valence electrons. The molecule has 0 aliphatic heterocycles. The van der Waals surface area contributed by atoms with Crippen molar-refractivity contribution in [3.05, 3.63) is 90.0 Å². The molecule has 0 aliphatic carbocycles. The molecule has 0 bridgehead atoms. The number of benzene rings is 3. The number of carbonyl (C=O) groups excluding carboxylic acids is 1. The summed E-state index contributed by atoms with van der Waals surface area (Å²) in [6, 6.07) is 25.7. The van der Waals surface area contributed by atoms with Crippen LogP contribution in [0.4, 0.5) is 0 Å². The van der Waals surface area contributed by atoms with Gasteiger partial charge in [-0.15, -0.1) is 10.2 Å². The molecular weight excluding hydrogens is 432 g/mol. The number of hydrogen-bond donors (Lipinski definition) is 1. The van der Waals surface area contributed by atoms with Crippen molar-refractivity contribution in [3.63, 3.8) is 0 Å². The number of amides is 1. The van der Waals surface area contributed by atoms with Crippen molar-refractivity contribution >= 4 is 17.7 Å². The lowest BCUT2D eigenvalue weighted by molar-refractivity contribution is -0.120. The van der Waals surface area contributed by atoms with Gasteiger partial charge in [-0.3, -0.25) is 9.36 Å². The van der Waals surface area contributed by atoms with E-state index >= 15 is 0 Å². The minimum atomic E-state index is -0.347. The van der Waals surface area contributed by atoms with Crippen molar-refractivity contribution < 1.29 is 9.53 Å². The second kappa shape index (κ2) is 10.4. The van der Waals surface area contributed by atoms with Crippen molar-refractivity contribution in [2.75, 3.05) is 7.11 Å². The average Bonchev–Trinajstić information content (AvgIpc) is 3.26. The third-order valence-corrected chi connectivity index (χ3v) is 6.24. The largest absolute Gasteiger partial charge is 0.497 e. The number of nitrogens with zero attached hydrogens (tertiary/aromatic N) is 3. The van der Waals surface area contributed by atoms with Gasteiger partial charge in [0.1, 0.15) is 5.75 Å². The van der Waals surface area contributed by atoms with Gasteiger partial charge in [-0.2, -0.15) is 0 Å². The highest BCUT2D eigenvalue weighted by molar-refractivity contribution is 8.00. The molecule has 33 heavy (non-hydrogen) atoms. The van der Waals surface area contributed by atoms with Gasteiger partial charge in [0, 0.05) is 17.8 Å². The minimum Gasteiger partial charge on any atom is -0.497 e. The molecule has 0 saturated heterocycles. The van der Waals surface area contributed by atoms with E-state index in [1.165, 1.54) is 11.8 Å². The first-order chi connectivity index (χ1) is 16.0. The highest BCUT2D eigenvalue weighted by atomic mass is 32.2. The van der Waals surface area contributed by atoms with Gasteiger partial charge in [0.05, 0.1) is 12.4 Å². The molecule has 1 atom stereocenters. The standard InChI is InChI=1S/C26H26N4O2S/c1-18-8-7-11-21(16-18)24-28-29-26(30(24)22-12-14-23(32-3)15-13-22)33-19(2)25(31)27-17-20-9-5-4-6-10-20/h4-16,19H,17H2,1-3H3,(H,27,31). The summed E-state index contributed by atoms with van der Waals surface area (Å²) < 4.78 is 7.29. The smallest absolute Gasteiger partial charge is 0.233 e. The van der Waals surface area contributed by atoms with Gasteiger partial charge in [0.25, 0.3) is 0 Å². The molecule has 4 aromatic rings. The van der Waals surface area contributed by atoms with Crippen LogP contribution in [0.1, 0.15) is 18.1 Å². The van der Waals surface area contributed by atoms with Crippen LogP contribution in [0.25, 0.3) is 17.1 Å². The Hall–Kier alpha value is -3.58. The van der Waals surface area contributed by atoms with Crippen LogP contribution in [0.15, 0.2) is 84.0 Å². The van der Waals surface area contributed by atoms with Gasteiger partial charge >= 0.3 is 0 Å². The Labute approximate surface area is 198 Å². The van der Waals surface area contributed by atoms with Crippen LogP contribution in [-0.2, 0) is 11.3 Å². The molecule has 7 heteroatoms. The van der Waals surface area contributed by atoms with E-state index in [4.69, 9.17) is 4.74 Å². The summed E-state index contributed by atoms with van der Waals surface area (Å²) in [5.74, 6) is 1.44. The maximum atomic E-state index is 12.8. The fourth-order valence-electron chi connectivity index (χ4n) is 3.42. The molecule has 0 fully saturated rings. The Morgan fingerprint density at radius 2 is 1.79 bits per heavy atom. The first-order valence-corrected chi connectivity index (χ1v) is 11.6. The maximum Gasteiger partial charge on any atom is 0.233 e. The lowest BCUT2D eigenvalue weighted by atomic mass is 10.1. The topological polar surface area (TPSA) is 69.0 Å². The molecule has 1 unspecified atom stereocenters. The zero-order chi connectivity index (χ0) is 23.2. The highest BCUT2D eigenvalue weighted by Crippen LogP contribution is 2.31. The molecule has 0 radical (unpaired) electrons. The van der Waals surface area contributed by atoms with Gasteiger partial charge in [0.2, 0.25) is 5.91 Å². The van der Waals surface area contributed by atoms with E-state index in [0.29, 0.717) is 11.7 Å². The third kappa shape index (κ3) is 5.43. The molecule has 1 amide bonds. The predicted octanol–water partition coefficient (Wildman–Crippen LogP) is 5.05. The number of hydrogen-bond acceptors (Lipinski definition) is 5. The SMILES string of the molecule is COc1ccc(-n2c(SC(C)C(=O)NCc3ccccc3)nnc2-c2cccc(C)c2)cc1. The first-order valence-electron chi connectivity index (χ1n) is 10.7. The van der Waals surface area contributed by atoms with Crippen LogP contribution in [-0.4, -0.2) is 33.0 Å². The summed E-state index contributed by atoms with van der Waals surface area (Å²) in [6.45, 7) is 4.42. The zero-order valence-corrected chi connectivity index (χ0v) is 19.7. The van der Waals surface area contributed by atoms with Crippen molar-refractivity contribution in [3.8, 4) is 22.8 Å². The molecule has 4 rings (SSSR count). The van der Waals surface area contributed by atoms with Gasteiger partial charge in [-0.05, 0) is 49.7 Å². The van der Waals surface area contributed by atoms with E-state index in [9.17, 15) is 4.79 Å². The summed E-state index contributed by atoms with van der Waals surface area (Å²) in [4.78, 5) is 12.8. The minimum absolute atomic E-state index is 0.0507. The lowest BCUT2D eigenvalue weighted by Gasteiger charge is -2.14. The molecule has 0 saturated carbocycles. The van der Waals surface area contributed by atoms with Gasteiger partial charge in [-0.25, -0.2) is 0 Å². The number of aryl methyl sites for hydroxylation is 1. The van der Waals surface area contributed by atoms with Crippen molar-refractivity contribution in [1.82, 2.24) is 20.1 Å². The Balaban J connectivity index is 1.61. The van der Waals surface area contributed by atoms with E-state index in [0.717, 1.165) is 34.0 Å². The second-order valence-corrected chi connectivity index (χ2v) is 8.98. The van der Waals surface area contributed by atoms with Crippen LogP contribution in [0, 0.1) is 6.92 Å². The molecule has 1 N–H and O–H groups in total. The van der Waals surface area contributed by atoms with Crippen molar-refractivity contribution in [2.24, 2.45) is 0 Å². The highest BCUT2D eigenvalue weighted by Gasteiger charge is 2.22. The summed E-state index contributed by atoms with van der Waals surface area (Å²) in [6.07, 6.45) is 0. The quantitative estimate of drug-likeness (QED) is 0.374. The van der Waals surface area contributed by atoms with Crippen LogP contribution in [0.5, 0.6) is 5.75 Å². The van der Waals surface area contributed by atoms with Crippen molar-refractivity contribution in [1.29, 1.82) is 0 Å². The maximum absolute atomic E-state index is 12.8. The number of rotatable bonds is 8. The Morgan fingerprint density at radius 3 is 2.48 bits per heavy atom. The summed E-state index contributed by atoms with van der Waals surface area (Å²) in [7, 11) is 1.64. The first kappa shape index (κ1) is 22.6. The summed E-state index contributed by atoms with van der Waals surface area (Å²) in [5, 5.41) is 12.2. The summed E-state index contributed by atoms with van der Waals surface area (Å²) >= 11 is 1.38. The predicted molar refractivity (Wildman–Crippen MR) is 132 cm³/mol. The lowest BCUT2D eigenvalue weighted by Crippen LogP contribution is -2.30. The van der Waals surface area contributed by atoms with E-state index in [2.05, 4.69) is 21.6 Å². The molecular formula is C26H26N4O2S. The fraction of sp³-hybridized carbons (Fsp3) is 0.192. The molecule has 0 aliphatic rings. The van der Waals surface area contributed by atoms with E-state index in [1.54, 1.807) is 7.11 Å². The van der Waals surface area contributed by atoms with E-state index < -0.39 is 0 Å². The number of methoxy groups -OCH3 is 1. The molecule has 3 aromatic carbocycles. The molecule has 6 nitrogen and oxygen atoms in total. The Bertz CT molecular complexity index is 1220.